The van der Waals surface area contributed by atoms with Crippen LogP contribution in [-0.4, -0.2) is 97.2 Å². The molecule has 0 aromatic carbocycles. The van der Waals surface area contributed by atoms with Crippen molar-refractivity contribution in [2.45, 2.75) is 71.1 Å². The molecule has 0 fully saturated rings. The van der Waals surface area contributed by atoms with Gasteiger partial charge in [-0.05, 0) is 6.42 Å². The van der Waals surface area contributed by atoms with E-state index < -0.39 is 0 Å². The summed E-state index contributed by atoms with van der Waals surface area (Å²) in [6.07, 6.45) is 11.7. The smallest absolute Gasteiger partial charge is 0.305 e. The highest BCUT2D eigenvalue weighted by Crippen LogP contribution is 2.10. The third-order valence-electron chi connectivity index (χ3n) is 5.06. The number of esters is 1. The number of hydrogen-bond acceptors (Lipinski definition) is 8. The number of carbonyl (C=O) groups is 1. The Labute approximate surface area is 222 Å². The van der Waals surface area contributed by atoms with E-state index in [2.05, 4.69) is 22.9 Å². The summed E-state index contributed by atoms with van der Waals surface area (Å²) in [4.78, 5) is 11.7. The lowest BCUT2D eigenvalue weighted by molar-refractivity contribution is -0.145. The zero-order chi connectivity index (χ0) is 25.5. The molecule has 9 heteroatoms. The summed E-state index contributed by atoms with van der Waals surface area (Å²) in [7, 11) is 0. The summed E-state index contributed by atoms with van der Waals surface area (Å²) in [5, 5.41) is 0.840. The molecule has 0 aliphatic rings. The monoisotopic (exact) mass is 570 g/mol. The van der Waals surface area contributed by atoms with Crippen molar-refractivity contribution < 1.29 is 38.0 Å². The molecule has 0 N–H and O–H groups in total. The summed E-state index contributed by atoms with van der Waals surface area (Å²) in [6.45, 7) is 8.97. The quantitative estimate of drug-likeness (QED) is 0.0681. The van der Waals surface area contributed by atoms with Gasteiger partial charge in [0, 0.05) is 11.8 Å². The molecule has 0 aliphatic carbocycles. The summed E-state index contributed by atoms with van der Waals surface area (Å²) >= 11 is 3.30. The summed E-state index contributed by atoms with van der Waals surface area (Å²) in [5.41, 5.74) is 0. The Balaban J connectivity index is 3.12. The van der Waals surface area contributed by atoms with Crippen molar-refractivity contribution in [1.82, 2.24) is 0 Å². The average Bonchev–Trinajstić information content (AvgIpc) is 2.86. The van der Waals surface area contributed by atoms with E-state index in [-0.39, 0.29) is 5.97 Å². The first-order valence-electron chi connectivity index (χ1n) is 13.5. The van der Waals surface area contributed by atoms with Crippen LogP contribution < -0.4 is 0 Å². The minimum absolute atomic E-state index is 0.128. The molecule has 0 amide bonds. The molecule has 0 saturated carbocycles. The van der Waals surface area contributed by atoms with Crippen LogP contribution in [0, 0.1) is 0 Å². The number of alkyl halides is 1. The van der Waals surface area contributed by atoms with Crippen LogP contribution in [0.2, 0.25) is 0 Å². The highest BCUT2D eigenvalue weighted by molar-refractivity contribution is 9.09. The van der Waals surface area contributed by atoms with E-state index in [1.54, 1.807) is 0 Å². The Morgan fingerprint density at radius 3 is 1.23 bits per heavy atom. The molecular weight excluding hydrogens is 520 g/mol. The molecule has 0 aromatic rings. The first-order valence-corrected chi connectivity index (χ1v) is 14.6. The van der Waals surface area contributed by atoms with Crippen molar-refractivity contribution in [3.05, 3.63) is 0 Å². The van der Waals surface area contributed by atoms with Crippen molar-refractivity contribution in [2.75, 3.05) is 91.2 Å². The predicted molar refractivity (Wildman–Crippen MR) is 142 cm³/mol. The fraction of sp³-hybridized carbons (Fsp3) is 0.962. The number of halogens is 1. The van der Waals surface area contributed by atoms with Crippen molar-refractivity contribution >= 4 is 21.9 Å². The van der Waals surface area contributed by atoms with Gasteiger partial charge in [-0.1, -0.05) is 74.2 Å². The van der Waals surface area contributed by atoms with Crippen LogP contribution in [0.3, 0.4) is 0 Å². The maximum atomic E-state index is 11.7. The van der Waals surface area contributed by atoms with Gasteiger partial charge in [0.1, 0.15) is 6.61 Å². The zero-order valence-electron chi connectivity index (χ0n) is 22.1. The van der Waals surface area contributed by atoms with Gasteiger partial charge < -0.3 is 33.2 Å². The fourth-order valence-corrected chi connectivity index (χ4v) is 3.35. The van der Waals surface area contributed by atoms with Gasteiger partial charge in [-0.2, -0.15) is 0 Å². The molecule has 0 bridgehead atoms. The topological polar surface area (TPSA) is 81.7 Å². The zero-order valence-corrected chi connectivity index (χ0v) is 23.7. The number of rotatable bonds is 30. The van der Waals surface area contributed by atoms with Crippen LogP contribution in [0.1, 0.15) is 71.1 Å². The van der Waals surface area contributed by atoms with E-state index in [0.29, 0.717) is 92.3 Å². The summed E-state index contributed by atoms with van der Waals surface area (Å²) in [5.74, 6) is -0.128. The summed E-state index contributed by atoms with van der Waals surface area (Å²) in [6, 6.07) is 0. The SMILES string of the molecule is CCCCCCCCCCCC(=O)OCCOCCOCCOCCOCCOCCOCCBr. The Kier molecular flexibility index (Phi) is 31.5. The van der Waals surface area contributed by atoms with Gasteiger partial charge in [-0.3, -0.25) is 4.79 Å². The van der Waals surface area contributed by atoms with E-state index in [9.17, 15) is 4.79 Å². The van der Waals surface area contributed by atoms with Crippen LogP contribution in [0.15, 0.2) is 0 Å². The van der Waals surface area contributed by atoms with E-state index in [1.165, 1.54) is 44.9 Å². The van der Waals surface area contributed by atoms with Crippen LogP contribution in [-0.2, 0) is 38.0 Å². The van der Waals surface area contributed by atoms with E-state index in [0.717, 1.165) is 18.2 Å². The average molecular weight is 572 g/mol. The number of carbonyl (C=O) groups excluding carboxylic acids is 1. The van der Waals surface area contributed by atoms with Gasteiger partial charge in [0.25, 0.3) is 0 Å². The van der Waals surface area contributed by atoms with E-state index in [1.807, 2.05) is 0 Å². The second kappa shape index (κ2) is 31.7. The van der Waals surface area contributed by atoms with Crippen molar-refractivity contribution in [2.24, 2.45) is 0 Å². The first-order chi connectivity index (χ1) is 17.3. The van der Waals surface area contributed by atoms with Gasteiger partial charge >= 0.3 is 5.97 Å². The van der Waals surface area contributed by atoms with E-state index in [4.69, 9.17) is 33.2 Å². The molecule has 0 aliphatic heterocycles. The van der Waals surface area contributed by atoms with Crippen molar-refractivity contribution in [3.8, 4) is 0 Å². The van der Waals surface area contributed by atoms with Gasteiger partial charge in [-0.25, -0.2) is 0 Å². The molecule has 0 atom stereocenters. The number of unbranched alkanes of at least 4 members (excludes halogenated alkanes) is 8. The number of hydrogen-bond donors (Lipinski definition) is 0. The highest BCUT2D eigenvalue weighted by atomic mass is 79.9. The minimum atomic E-state index is -0.128. The van der Waals surface area contributed by atoms with Crippen LogP contribution >= 0.6 is 15.9 Å². The Hall–Kier alpha value is -0.290. The minimum Gasteiger partial charge on any atom is -0.463 e. The second-order valence-corrected chi connectivity index (χ2v) is 8.96. The van der Waals surface area contributed by atoms with Crippen molar-refractivity contribution in [1.29, 1.82) is 0 Å². The predicted octanol–water partition coefficient (Wildman–Crippen LogP) is 4.95. The van der Waals surface area contributed by atoms with E-state index >= 15 is 0 Å². The molecule has 210 valence electrons. The Morgan fingerprint density at radius 2 is 0.829 bits per heavy atom. The third kappa shape index (κ3) is 31.7. The molecule has 0 rings (SSSR count). The van der Waals surface area contributed by atoms with Crippen LogP contribution in [0.4, 0.5) is 0 Å². The molecule has 0 aromatic heterocycles. The van der Waals surface area contributed by atoms with Gasteiger partial charge in [-0.15, -0.1) is 0 Å². The normalized spacial score (nSPS) is 11.3. The molecule has 8 nitrogen and oxygen atoms in total. The molecule has 0 unspecified atom stereocenters. The summed E-state index contributed by atoms with van der Waals surface area (Å²) < 4.78 is 37.6. The molecule has 0 spiro atoms. The molecule has 35 heavy (non-hydrogen) atoms. The lowest BCUT2D eigenvalue weighted by atomic mass is 10.1. The van der Waals surface area contributed by atoms with Gasteiger partial charge in [0.15, 0.2) is 0 Å². The fourth-order valence-electron chi connectivity index (χ4n) is 3.12. The third-order valence-corrected chi connectivity index (χ3v) is 5.38. The highest BCUT2D eigenvalue weighted by Gasteiger charge is 2.02. The molecular formula is C26H51BrO8. The van der Waals surface area contributed by atoms with Crippen LogP contribution in [0.25, 0.3) is 0 Å². The Morgan fingerprint density at radius 1 is 0.486 bits per heavy atom. The second-order valence-electron chi connectivity index (χ2n) is 8.16. The number of ether oxygens (including phenoxy) is 7. The lowest BCUT2D eigenvalue weighted by Crippen LogP contribution is -2.15. The largest absolute Gasteiger partial charge is 0.463 e. The molecule has 0 radical (unpaired) electrons. The lowest BCUT2D eigenvalue weighted by Gasteiger charge is -2.08. The van der Waals surface area contributed by atoms with Gasteiger partial charge in [0.2, 0.25) is 0 Å². The Bertz CT molecular complexity index is 415. The van der Waals surface area contributed by atoms with Crippen molar-refractivity contribution in [3.63, 3.8) is 0 Å². The first kappa shape index (κ1) is 34.7. The maximum Gasteiger partial charge on any atom is 0.305 e. The van der Waals surface area contributed by atoms with Crippen LogP contribution in [0.5, 0.6) is 0 Å². The molecule has 0 heterocycles. The maximum absolute atomic E-state index is 11.7. The molecule has 0 saturated heterocycles. The van der Waals surface area contributed by atoms with Gasteiger partial charge in [0.05, 0.1) is 79.3 Å². The standard InChI is InChI=1S/C26H51BrO8/c1-2-3-4-5-6-7-8-9-10-11-26(28)35-25-24-34-23-22-33-21-20-32-19-18-31-17-16-30-15-14-29-13-12-27/h2-25H2,1H3.